The molecule has 0 aliphatic carbocycles. The van der Waals surface area contributed by atoms with Crippen LogP contribution in [0.15, 0.2) is 41.8 Å². The number of carbonyl (C=O) groups excluding carboxylic acids is 1. The van der Waals surface area contributed by atoms with E-state index < -0.39 is 5.91 Å². The van der Waals surface area contributed by atoms with E-state index in [0.717, 1.165) is 5.56 Å². The summed E-state index contributed by atoms with van der Waals surface area (Å²) in [5.74, 6) is 0.826. The number of carbonyl (C=O) groups is 1. The summed E-state index contributed by atoms with van der Waals surface area (Å²) in [6.45, 7) is 0. The number of nitrogens with one attached hydrogen (secondary N) is 1. The number of pyridine rings is 1. The lowest BCUT2D eigenvalue weighted by molar-refractivity contribution is 0.0954. The minimum absolute atomic E-state index is 0.339. The van der Waals surface area contributed by atoms with Gasteiger partial charge in [0.05, 0.1) is 27.5 Å². The molecule has 1 N–H and O–H groups in total. The van der Waals surface area contributed by atoms with Crippen LogP contribution in [0.3, 0.4) is 0 Å². The first-order valence-electron chi connectivity index (χ1n) is 6.73. The van der Waals surface area contributed by atoms with E-state index in [4.69, 9.17) is 14.2 Å². The molecule has 0 aliphatic heterocycles. The zero-order valence-corrected chi connectivity index (χ0v) is 13.1. The van der Waals surface area contributed by atoms with Gasteiger partial charge < -0.3 is 14.2 Å². The standard InChI is InChI=1S/C16H17N3O4/c1-21-13-8-12(9-14(22-2)15(13)23-3)16(20)19-18-10-11-4-6-17-7-5-11/h4-10H,1-3H3,(H,19,20)/b18-10+. The molecule has 0 fully saturated rings. The summed E-state index contributed by atoms with van der Waals surface area (Å²) in [6, 6.07) is 6.65. The van der Waals surface area contributed by atoms with Gasteiger partial charge >= 0.3 is 0 Å². The summed E-state index contributed by atoms with van der Waals surface area (Å²) >= 11 is 0. The Morgan fingerprint density at radius 2 is 1.70 bits per heavy atom. The van der Waals surface area contributed by atoms with Crippen LogP contribution in [0.5, 0.6) is 17.2 Å². The van der Waals surface area contributed by atoms with Crippen LogP contribution < -0.4 is 19.6 Å². The molecule has 7 heteroatoms. The van der Waals surface area contributed by atoms with Gasteiger partial charge in [0.25, 0.3) is 5.91 Å². The number of hydrogen-bond acceptors (Lipinski definition) is 6. The highest BCUT2D eigenvalue weighted by atomic mass is 16.5. The molecular formula is C16H17N3O4. The smallest absolute Gasteiger partial charge is 0.271 e. The highest BCUT2D eigenvalue weighted by molar-refractivity contribution is 5.96. The topological polar surface area (TPSA) is 82.0 Å². The van der Waals surface area contributed by atoms with Crippen molar-refractivity contribution in [2.24, 2.45) is 5.10 Å². The maximum absolute atomic E-state index is 12.2. The normalized spacial score (nSPS) is 10.4. The number of hydrogen-bond donors (Lipinski definition) is 1. The molecule has 0 saturated carbocycles. The predicted octanol–water partition coefficient (Wildman–Crippen LogP) is 1.87. The van der Waals surface area contributed by atoms with Crippen LogP contribution in [0.1, 0.15) is 15.9 Å². The van der Waals surface area contributed by atoms with Crippen molar-refractivity contribution in [1.82, 2.24) is 10.4 Å². The van der Waals surface area contributed by atoms with E-state index in [1.807, 2.05) is 0 Å². The highest BCUT2D eigenvalue weighted by Crippen LogP contribution is 2.38. The average Bonchev–Trinajstić information content (AvgIpc) is 2.61. The third kappa shape index (κ3) is 3.97. The molecule has 0 bridgehead atoms. The van der Waals surface area contributed by atoms with Crippen molar-refractivity contribution in [2.75, 3.05) is 21.3 Å². The molecule has 2 aromatic rings. The first-order chi connectivity index (χ1) is 11.2. The molecule has 0 aliphatic rings. The molecule has 23 heavy (non-hydrogen) atoms. The molecule has 0 radical (unpaired) electrons. The third-order valence-electron chi connectivity index (χ3n) is 3.01. The molecule has 1 aromatic heterocycles. The maximum atomic E-state index is 12.2. The van der Waals surface area contributed by atoms with Gasteiger partial charge in [0, 0.05) is 18.0 Å². The Balaban J connectivity index is 2.17. The Morgan fingerprint density at radius 3 is 2.22 bits per heavy atom. The maximum Gasteiger partial charge on any atom is 0.271 e. The molecular weight excluding hydrogens is 298 g/mol. The first-order valence-corrected chi connectivity index (χ1v) is 6.73. The summed E-state index contributed by atoms with van der Waals surface area (Å²) in [7, 11) is 4.47. The van der Waals surface area contributed by atoms with Gasteiger partial charge in [-0.1, -0.05) is 0 Å². The molecule has 1 amide bonds. The van der Waals surface area contributed by atoms with Crippen LogP contribution in [-0.4, -0.2) is 38.4 Å². The van der Waals surface area contributed by atoms with Crippen molar-refractivity contribution in [1.29, 1.82) is 0 Å². The Bertz CT molecular complexity index is 677. The lowest BCUT2D eigenvalue weighted by Crippen LogP contribution is -2.18. The number of hydrazone groups is 1. The number of nitrogens with zero attached hydrogens (tertiary/aromatic N) is 2. The Labute approximate surface area is 133 Å². The van der Waals surface area contributed by atoms with E-state index in [1.165, 1.54) is 27.5 Å². The SMILES string of the molecule is COc1cc(C(=O)N/N=C/c2ccncc2)cc(OC)c1OC. The van der Waals surface area contributed by atoms with Crippen molar-refractivity contribution in [2.45, 2.75) is 0 Å². The van der Waals surface area contributed by atoms with Crippen molar-refractivity contribution >= 4 is 12.1 Å². The monoisotopic (exact) mass is 315 g/mol. The summed E-state index contributed by atoms with van der Waals surface area (Å²) in [4.78, 5) is 16.1. The predicted molar refractivity (Wildman–Crippen MR) is 85.4 cm³/mol. The number of benzene rings is 1. The van der Waals surface area contributed by atoms with E-state index >= 15 is 0 Å². The molecule has 0 saturated heterocycles. The number of rotatable bonds is 6. The summed E-state index contributed by atoms with van der Waals surface area (Å²) in [5.41, 5.74) is 3.61. The Hall–Kier alpha value is -3.09. The quantitative estimate of drug-likeness (QED) is 0.650. The van der Waals surface area contributed by atoms with Gasteiger partial charge in [-0.3, -0.25) is 9.78 Å². The van der Waals surface area contributed by atoms with Crippen LogP contribution in [-0.2, 0) is 0 Å². The largest absolute Gasteiger partial charge is 0.493 e. The van der Waals surface area contributed by atoms with Crippen molar-refractivity contribution in [3.63, 3.8) is 0 Å². The Morgan fingerprint density at radius 1 is 1.09 bits per heavy atom. The molecule has 7 nitrogen and oxygen atoms in total. The highest BCUT2D eigenvalue weighted by Gasteiger charge is 2.16. The lowest BCUT2D eigenvalue weighted by Gasteiger charge is -2.13. The molecule has 0 unspecified atom stereocenters. The number of aromatic nitrogens is 1. The van der Waals surface area contributed by atoms with Gasteiger partial charge in [-0.2, -0.15) is 5.10 Å². The van der Waals surface area contributed by atoms with Crippen LogP contribution in [0.4, 0.5) is 0 Å². The van der Waals surface area contributed by atoms with Gasteiger partial charge in [-0.15, -0.1) is 0 Å². The average molecular weight is 315 g/mol. The van der Waals surface area contributed by atoms with Crippen LogP contribution in [0.25, 0.3) is 0 Å². The van der Waals surface area contributed by atoms with Crippen molar-refractivity contribution < 1.29 is 19.0 Å². The molecule has 1 heterocycles. The molecule has 2 rings (SSSR count). The van der Waals surface area contributed by atoms with Gasteiger partial charge in [0.1, 0.15) is 0 Å². The second-order valence-corrected chi connectivity index (χ2v) is 4.39. The molecule has 0 atom stereocenters. The fourth-order valence-corrected chi connectivity index (χ4v) is 1.89. The number of methoxy groups -OCH3 is 3. The fraction of sp³-hybridized carbons (Fsp3) is 0.188. The van der Waals surface area contributed by atoms with Crippen molar-refractivity contribution in [3.8, 4) is 17.2 Å². The lowest BCUT2D eigenvalue weighted by atomic mass is 10.1. The summed E-state index contributed by atoms with van der Waals surface area (Å²) in [5, 5.41) is 3.91. The molecule has 120 valence electrons. The van der Waals surface area contributed by atoms with Gasteiger partial charge in [-0.25, -0.2) is 5.43 Å². The first kappa shape index (κ1) is 16.3. The minimum atomic E-state index is -0.394. The van der Waals surface area contributed by atoms with E-state index in [1.54, 1.807) is 36.7 Å². The Kier molecular flexibility index (Phi) is 5.51. The minimum Gasteiger partial charge on any atom is -0.493 e. The van der Waals surface area contributed by atoms with Crippen LogP contribution in [0, 0.1) is 0 Å². The van der Waals surface area contributed by atoms with E-state index in [2.05, 4.69) is 15.5 Å². The number of ether oxygens (including phenoxy) is 3. The van der Waals surface area contributed by atoms with Crippen molar-refractivity contribution in [3.05, 3.63) is 47.8 Å². The van der Waals surface area contributed by atoms with Gasteiger partial charge in [0.15, 0.2) is 11.5 Å². The summed E-state index contributed by atoms with van der Waals surface area (Å²) in [6.07, 6.45) is 4.81. The van der Waals surface area contributed by atoms with Crippen LogP contribution >= 0.6 is 0 Å². The zero-order valence-electron chi connectivity index (χ0n) is 13.1. The van der Waals surface area contributed by atoms with E-state index in [-0.39, 0.29) is 0 Å². The third-order valence-corrected chi connectivity index (χ3v) is 3.01. The number of amides is 1. The van der Waals surface area contributed by atoms with Gasteiger partial charge in [0.2, 0.25) is 5.75 Å². The van der Waals surface area contributed by atoms with Crippen LogP contribution in [0.2, 0.25) is 0 Å². The fourth-order valence-electron chi connectivity index (χ4n) is 1.89. The molecule has 0 spiro atoms. The zero-order chi connectivity index (χ0) is 16.7. The van der Waals surface area contributed by atoms with E-state index in [0.29, 0.717) is 22.8 Å². The summed E-state index contributed by atoms with van der Waals surface area (Å²) < 4.78 is 15.6. The molecule has 1 aromatic carbocycles. The second-order valence-electron chi connectivity index (χ2n) is 4.39. The van der Waals surface area contributed by atoms with Gasteiger partial charge in [-0.05, 0) is 29.8 Å². The van der Waals surface area contributed by atoms with E-state index in [9.17, 15) is 4.79 Å². The second kappa shape index (κ2) is 7.79.